The zero-order valence-electron chi connectivity index (χ0n) is 15.8. The maximum Gasteiger partial charge on any atom is 0.249 e. The van der Waals surface area contributed by atoms with Gasteiger partial charge in [-0.2, -0.15) is 0 Å². The van der Waals surface area contributed by atoms with Crippen molar-refractivity contribution in [2.75, 3.05) is 5.32 Å². The molecule has 1 heterocycles. The van der Waals surface area contributed by atoms with Crippen LogP contribution in [0.25, 0.3) is 10.6 Å². The number of carbonyl (C=O) groups excluding carboxylic acids is 2. The van der Waals surface area contributed by atoms with Gasteiger partial charge >= 0.3 is 0 Å². The zero-order valence-corrected chi connectivity index (χ0v) is 18.2. The molecule has 2 rings (SSSR count). The number of rotatable bonds is 9. The summed E-state index contributed by atoms with van der Waals surface area (Å²) in [4.78, 5) is 24.8. The molecule has 146 valence electrons. The lowest BCUT2D eigenvalue weighted by Crippen LogP contribution is -2.47. The van der Waals surface area contributed by atoms with Gasteiger partial charge in [-0.1, -0.05) is 73.0 Å². The number of benzene rings is 1. The molecule has 2 aromatic rings. The van der Waals surface area contributed by atoms with Crippen LogP contribution in [0.2, 0.25) is 0 Å². The molecule has 1 aromatic carbocycles. The van der Waals surface area contributed by atoms with Crippen molar-refractivity contribution in [2.45, 2.75) is 52.5 Å². The van der Waals surface area contributed by atoms with E-state index < -0.39 is 6.04 Å². The van der Waals surface area contributed by atoms with Crippen molar-refractivity contribution >= 4 is 44.2 Å². The molecule has 27 heavy (non-hydrogen) atoms. The Morgan fingerprint density at radius 3 is 2.70 bits per heavy atom. The monoisotopic (exact) mass is 452 g/mol. The normalized spacial score (nSPS) is 13.0. The van der Waals surface area contributed by atoms with E-state index in [0.29, 0.717) is 11.6 Å². The number of nitrogens with zero attached hydrogens (tertiary/aromatic N) is 2. The third-order valence-electron chi connectivity index (χ3n) is 4.30. The van der Waals surface area contributed by atoms with Crippen molar-refractivity contribution in [2.24, 2.45) is 5.92 Å². The van der Waals surface area contributed by atoms with Crippen LogP contribution in [0.15, 0.2) is 28.7 Å². The number of aromatic nitrogens is 2. The largest absolute Gasteiger partial charge is 0.344 e. The van der Waals surface area contributed by atoms with Crippen molar-refractivity contribution in [1.82, 2.24) is 15.5 Å². The first-order chi connectivity index (χ1) is 12.9. The first-order valence-electron chi connectivity index (χ1n) is 9.14. The van der Waals surface area contributed by atoms with Gasteiger partial charge in [0.2, 0.25) is 16.9 Å². The molecule has 6 nitrogen and oxygen atoms in total. The summed E-state index contributed by atoms with van der Waals surface area (Å²) >= 11 is 4.74. The first-order valence-corrected chi connectivity index (χ1v) is 10.7. The lowest BCUT2D eigenvalue weighted by atomic mass is 9.98. The molecule has 0 saturated carbocycles. The summed E-state index contributed by atoms with van der Waals surface area (Å²) in [6.45, 7) is 5.99. The van der Waals surface area contributed by atoms with Gasteiger partial charge in [0, 0.05) is 16.5 Å². The van der Waals surface area contributed by atoms with Crippen molar-refractivity contribution in [3.05, 3.63) is 28.7 Å². The van der Waals surface area contributed by atoms with E-state index in [4.69, 9.17) is 0 Å². The highest BCUT2D eigenvalue weighted by Crippen LogP contribution is 2.28. The molecular weight excluding hydrogens is 428 g/mol. The van der Waals surface area contributed by atoms with Crippen LogP contribution >= 0.6 is 27.3 Å². The topological polar surface area (TPSA) is 84.0 Å². The van der Waals surface area contributed by atoms with Gasteiger partial charge in [-0.25, -0.2) is 0 Å². The smallest absolute Gasteiger partial charge is 0.249 e. The van der Waals surface area contributed by atoms with Crippen LogP contribution in [0.5, 0.6) is 0 Å². The van der Waals surface area contributed by atoms with E-state index in [-0.39, 0.29) is 17.7 Å². The number of hydrogen-bond acceptors (Lipinski definition) is 5. The zero-order chi connectivity index (χ0) is 19.8. The second kappa shape index (κ2) is 10.5. The molecular formula is C19H25BrN4O2S. The van der Waals surface area contributed by atoms with E-state index in [1.165, 1.54) is 11.3 Å². The molecule has 1 aromatic heterocycles. The van der Waals surface area contributed by atoms with Crippen molar-refractivity contribution in [3.8, 4) is 10.6 Å². The fourth-order valence-electron chi connectivity index (χ4n) is 2.48. The van der Waals surface area contributed by atoms with E-state index >= 15 is 0 Å². The molecule has 0 aliphatic rings. The molecule has 2 N–H and O–H groups in total. The average Bonchev–Trinajstić information content (AvgIpc) is 3.12. The van der Waals surface area contributed by atoms with Crippen LogP contribution in [0.4, 0.5) is 5.13 Å². The summed E-state index contributed by atoms with van der Waals surface area (Å²) in [5.74, 6) is -0.330. The Morgan fingerprint density at radius 2 is 2.04 bits per heavy atom. The van der Waals surface area contributed by atoms with Gasteiger partial charge in [-0.05, 0) is 24.5 Å². The van der Waals surface area contributed by atoms with Gasteiger partial charge in [0.1, 0.15) is 11.0 Å². The summed E-state index contributed by atoms with van der Waals surface area (Å²) in [7, 11) is 0. The molecule has 2 unspecified atom stereocenters. The SMILES string of the molecule is CCCCC(=O)NC(C(=O)Nc1nnc(-c2cccc(Br)c2)s1)C(C)CC. The van der Waals surface area contributed by atoms with Crippen LogP contribution in [0, 0.1) is 5.92 Å². The Labute approximate surface area is 172 Å². The highest BCUT2D eigenvalue weighted by molar-refractivity contribution is 9.10. The predicted molar refractivity (Wildman–Crippen MR) is 113 cm³/mol. The summed E-state index contributed by atoms with van der Waals surface area (Å²) in [6, 6.07) is 7.15. The Bertz CT molecular complexity index is 781. The Kier molecular flexibility index (Phi) is 8.37. The minimum atomic E-state index is -0.586. The van der Waals surface area contributed by atoms with Crippen molar-refractivity contribution in [1.29, 1.82) is 0 Å². The van der Waals surface area contributed by atoms with Gasteiger partial charge in [0.15, 0.2) is 0 Å². The number of anilines is 1. The Morgan fingerprint density at radius 1 is 1.26 bits per heavy atom. The number of carbonyl (C=O) groups is 2. The number of nitrogens with one attached hydrogen (secondary N) is 2. The fraction of sp³-hybridized carbons (Fsp3) is 0.474. The van der Waals surface area contributed by atoms with E-state index in [1.807, 2.05) is 45.0 Å². The van der Waals surface area contributed by atoms with Gasteiger partial charge < -0.3 is 5.32 Å². The maximum absolute atomic E-state index is 12.7. The first kappa shape index (κ1) is 21.5. The number of amides is 2. The van der Waals surface area contributed by atoms with E-state index in [1.54, 1.807) is 0 Å². The molecule has 0 aliphatic carbocycles. The van der Waals surface area contributed by atoms with E-state index in [0.717, 1.165) is 34.3 Å². The summed E-state index contributed by atoms with van der Waals surface area (Å²) in [5, 5.41) is 15.0. The lowest BCUT2D eigenvalue weighted by molar-refractivity contribution is -0.127. The molecule has 0 aliphatic heterocycles. The summed E-state index contributed by atoms with van der Waals surface area (Å²) < 4.78 is 0.951. The molecule has 8 heteroatoms. The average molecular weight is 453 g/mol. The second-order valence-corrected chi connectivity index (χ2v) is 8.34. The molecule has 0 spiro atoms. The van der Waals surface area contributed by atoms with Gasteiger partial charge in [0.25, 0.3) is 0 Å². The van der Waals surface area contributed by atoms with E-state index in [2.05, 4.69) is 36.8 Å². The standard InChI is InChI=1S/C19H25BrN4O2S/c1-4-6-10-15(25)21-16(12(3)5-2)17(26)22-19-24-23-18(27-19)13-8-7-9-14(20)11-13/h7-9,11-12,16H,4-6,10H2,1-3H3,(H,21,25)(H,22,24,26). The van der Waals surface area contributed by atoms with Crippen LogP contribution < -0.4 is 10.6 Å². The molecule has 2 atom stereocenters. The van der Waals surface area contributed by atoms with Crippen LogP contribution in [-0.4, -0.2) is 28.1 Å². The van der Waals surface area contributed by atoms with Crippen LogP contribution in [0.1, 0.15) is 46.5 Å². The third-order valence-corrected chi connectivity index (χ3v) is 5.68. The molecule has 0 fully saturated rings. The molecule has 2 amide bonds. The van der Waals surface area contributed by atoms with Crippen LogP contribution in [-0.2, 0) is 9.59 Å². The lowest BCUT2D eigenvalue weighted by Gasteiger charge is -2.22. The Balaban J connectivity index is 2.07. The van der Waals surface area contributed by atoms with Crippen molar-refractivity contribution < 1.29 is 9.59 Å². The molecule has 0 radical (unpaired) electrons. The van der Waals surface area contributed by atoms with E-state index in [9.17, 15) is 9.59 Å². The minimum absolute atomic E-state index is 0.0213. The highest BCUT2D eigenvalue weighted by atomic mass is 79.9. The number of hydrogen-bond donors (Lipinski definition) is 2. The van der Waals surface area contributed by atoms with Gasteiger partial charge in [-0.3, -0.25) is 14.9 Å². The second-order valence-electron chi connectivity index (χ2n) is 6.45. The predicted octanol–water partition coefficient (Wildman–Crippen LogP) is 4.63. The molecule has 0 bridgehead atoms. The molecule has 0 saturated heterocycles. The van der Waals surface area contributed by atoms with Gasteiger partial charge in [-0.15, -0.1) is 10.2 Å². The summed E-state index contributed by atoms with van der Waals surface area (Å²) in [6.07, 6.45) is 2.97. The quantitative estimate of drug-likeness (QED) is 0.580. The Hall–Kier alpha value is -1.80. The number of halogens is 1. The maximum atomic E-state index is 12.7. The number of unbranched alkanes of at least 4 members (excludes halogenated alkanes) is 1. The van der Waals surface area contributed by atoms with Crippen molar-refractivity contribution in [3.63, 3.8) is 0 Å². The third kappa shape index (κ3) is 6.39. The van der Waals surface area contributed by atoms with Crippen LogP contribution in [0.3, 0.4) is 0 Å². The highest BCUT2D eigenvalue weighted by Gasteiger charge is 2.26. The van der Waals surface area contributed by atoms with Gasteiger partial charge in [0.05, 0.1) is 0 Å². The minimum Gasteiger partial charge on any atom is -0.344 e. The summed E-state index contributed by atoms with van der Waals surface area (Å²) in [5.41, 5.74) is 0.925. The fourth-order valence-corrected chi connectivity index (χ4v) is 3.62.